The van der Waals surface area contributed by atoms with Crippen molar-refractivity contribution >= 4 is 5.97 Å². The standard InChI is InChI=1S/C12H14O4/c1-5-7(3)16-12(15)11-9(14)4-8(13)6(2)10(5)11/h4-5,7,13-14H,1-3H3/t5-,7-/m0/s1. The molecule has 2 N–H and O–H groups in total. The van der Waals surface area contributed by atoms with E-state index in [4.69, 9.17) is 4.74 Å². The summed E-state index contributed by atoms with van der Waals surface area (Å²) in [6.07, 6.45) is -0.250. The van der Waals surface area contributed by atoms with Crippen molar-refractivity contribution in [3.8, 4) is 11.5 Å². The highest BCUT2D eigenvalue weighted by Gasteiger charge is 2.34. The van der Waals surface area contributed by atoms with Crippen molar-refractivity contribution < 1.29 is 19.7 Å². The molecule has 1 aliphatic rings. The minimum Gasteiger partial charge on any atom is -0.508 e. The molecular weight excluding hydrogens is 208 g/mol. The maximum absolute atomic E-state index is 11.7. The highest BCUT2D eigenvalue weighted by atomic mass is 16.5. The second-order valence-corrected chi connectivity index (χ2v) is 4.23. The molecular formula is C12H14O4. The number of rotatable bonds is 0. The lowest BCUT2D eigenvalue weighted by atomic mass is 9.85. The summed E-state index contributed by atoms with van der Waals surface area (Å²) in [5, 5.41) is 19.3. The molecule has 0 saturated carbocycles. The number of carbonyl (C=O) groups is 1. The third-order valence-corrected chi connectivity index (χ3v) is 3.24. The van der Waals surface area contributed by atoms with E-state index in [9.17, 15) is 15.0 Å². The highest BCUT2D eigenvalue weighted by Crippen LogP contribution is 2.41. The molecule has 0 aliphatic carbocycles. The van der Waals surface area contributed by atoms with Crippen LogP contribution < -0.4 is 0 Å². The maximum Gasteiger partial charge on any atom is 0.342 e. The number of carbonyl (C=O) groups excluding carboxylic acids is 1. The molecule has 1 aliphatic heterocycles. The SMILES string of the molecule is Cc1c(O)cc(O)c2c1[C@@H](C)[C@H](C)OC2=O. The number of esters is 1. The van der Waals surface area contributed by atoms with Crippen LogP contribution in [0, 0.1) is 6.92 Å². The van der Waals surface area contributed by atoms with E-state index in [1.54, 1.807) is 13.8 Å². The summed E-state index contributed by atoms with van der Waals surface area (Å²) in [4.78, 5) is 11.7. The Morgan fingerprint density at radius 2 is 1.88 bits per heavy atom. The lowest BCUT2D eigenvalue weighted by Gasteiger charge is -2.30. The van der Waals surface area contributed by atoms with Crippen LogP contribution in [0.3, 0.4) is 0 Å². The lowest BCUT2D eigenvalue weighted by Crippen LogP contribution is -2.29. The number of ether oxygens (including phenoxy) is 1. The number of hydrogen-bond acceptors (Lipinski definition) is 4. The number of fused-ring (bicyclic) bond motifs is 1. The summed E-state index contributed by atoms with van der Waals surface area (Å²) < 4.78 is 5.12. The van der Waals surface area contributed by atoms with Crippen LogP contribution in [0.1, 0.15) is 41.3 Å². The summed E-state index contributed by atoms with van der Waals surface area (Å²) in [5.74, 6) is -0.779. The Bertz CT molecular complexity index is 465. The van der Waals surface area contributed by atoms with Gasteiger partial charge in [-0.2, -0.15) is 0 Å². The molecule has 2 rings (SSSR count). The van der Waals surface area contributed by atoms with Gasteiger partial charge in [0.15, 0.2) is 0 Å². The van der Waals surface area contributed by atoms with Crippen molar-refractivity contribution in [1.29, 1.82) is 0 Å². The van der Waals surface area contributed by atoms with Crippen LogP contribution in [-0.4, -0.2) is 22.3 Å². The Kier molecular flexibility index (Phi) is 2.30. The van der Waals surface area contributed by atoms with E-state index in [0.717, 1.165) is 0 Å². The Balaban J connectivity index is 2.76. The van der Waals surface area contributed by atoms with Crippen molar-refractivity contribution in [3.63, 3.8) is 0 Å². The monoisotopic (exact) mass is 222 g/mol. The summed E-state index contributed by atoms with van der Waals surface area (Å²) in [6, 6.07) is 1.18. The van der Waals surface area contributed by atoms with Gasteiger partial charge in [0.25, 0.3) is 0 Å². The number of benzene rings is 1. The van der Waals surface area contributed by atoms with Gasteiger partial charge in [-0.15, -0.1) is 0 Å². The molecule has 0 spiro atoms. The van der Waals surface area contributed by atoms with Crippen molar-refractivity contribution in [2.75, 3.05) is 0 Å². The largest absolute Gasteiger partial charge is 0.508 e. The van der Waals surface area contributed by atoms with Crippen LogP contribution >= 0.6 is 0 Å². The molecule has 4 heteroatoms. The minimum absolute atomic E-state index is 0.00463. The zero-order valence-corrected chi connectivity index (χ0v) is 9.44. The Morgan fingerprint density at radius 3 is 2.50 bits per heavy atom. The van der Waals surface area contributed by atoms with Crippen LogP contribution in [0.4, 0.5) is 0 Å². The summed E-state index contributed by atoms with van der Waals surface area (Å²) in [6.45, 7) is 5.43. The summed E-state index contributed by atoms with van der Waals surface area (Å²) >= 11 is 0. The topological polar surface area (TPSA) is 66.8 Å². The maximum atomic E-state index is 11.7. The van der Waals surface area contributed by atoms with Gasteiger partial charge >= 0.3 is 5.97 Å². The number of hydrogen-bond donors (Lipinski definition) is 2. The molecule has 4 nitrogen and oxygen atoms in total. The average Bonchev–Trinajstić information content (AvgIpc) is 2.20. The van der Waals surface area contributed by atoms with Gasteiger partial charge in [0.2, 0.25) is 0 Å². The van der Waals surface area contributed by atoms with Gasteiger partial charge < -0.3 is 14.9 Å². The summed E-state index contributed by atoms with van der Waals surface area (Å²) in [7, 11) is 0. The van der Waals surface area contributed by atoms with Crippen LogP contribution in [0.5, 0.6) is 11.5 Å². The Labute approximate surface area is 93.5 Å². The molecule has 1 aromatic rings. The molecule has 0 unspecified atom stereocenters. The molecule has 16 heavy (non-hydrogen) atoms. The zero-order valence-electron chi connectivity index (χ0n) is 9.44. The van der Waals surface area contributed by atoms with Gasteiger partial charge in [-0.1, -0.05) is 6.92 Å². The van der Waals surface area contributed by atoms with Gasteiger partial charge in [0.05, 0.1) is 0 Å². The first kappa shape index (κ1) is 10.8. The fourth-order valence-corrected chi connectivity index (χ4v) is 2.12. The smallest absolute Gasteiger partial charge is 0.342 e. The zero-order chi connectivity index (χ0) is 12.0. The second-order valence-electron chi connectivity index (χ2n) is 4.23. The van der Waals surface area contributed by atoms with Crippen molar-refractivity contribution in [1.82, 2.24) is 0 Å². The fourth-order valence-electron chi connectivity index (χ4n) is 2.12. The van der Waals surface area contributed by atoms with Gasteiger partial charge in [0, 0.05) is 12.0 Å². The normalized spacial score (nSPS) is 23.8. The average molecular weight is 222 g/mol. The Hall–Kier alpha value is -1.71. The second kappa shape index (κ2) is 3.40. The number of aromatic hydroxyl groups is 2. The van der Waals surface area contributed by atoms with Crippen molar-refractivity contribution in [2.45, 2.75) is 32.8 Å². The number of phenolic OH excluding ortho intramolecular Hbond substituents is 2. The van der Waals surface area contributed by atoms with Gasteiger partial charge in [-0.25, -0.2) is 4.79 Å². The molecule has 86 valence electrons. The van der Waals surface area contributed by atoms with Gasteiger partial charge in [-0.05, 0) is 25.0 Å². The molecule has 0 saturated heterocycles. The lowest BCUT2D eigenvalue weighted by molar-refractivity contribution is 0.0235. The summed E-state index contributed by atoms with van der Waals surface area (Å²) in [5.41, 5.74) is 1.49. The minimum atomic E-state index is -0.527. The van der Waals surface area contributed by atoms with E-state index < -0.39 is 5.97 Å². The van der Waals surface area contributed by atoms with Gasteiger partial charge in [0.1, 0.15) is 23.2 Å². The molecule has 0 amide bonds. The van der Waals surface area contributed by atoms with Crippen LogP contribution in [0.25, 0.3) is 0 Å². The van der Waals surface area contributed by atoms with E-state index in [-0.39, 0.29) is 29.1 Å². The molecule has 0 aromatic heterocycles. The fraction of sp³-hybridized carbons (Fsp3) is 0.417. The quantitative estimate of drug-likeness (QED) is 0.659. The molecule has 0 fully saturated rings. The highest BCUT2D eigenvalue weighted by molar-refractivity contribution is 5.96. The van der Waals surface area contributed by atoms with Crippen LogP contribution in [-0.2, 0) is 4.74 Å². The molecule has 0 radical (unpaired) electrons. The third-order valence-electron chi connectivity index (χ3n) is 3.24. The van der Waals surface area contributed by atoms with E-state index >= 15 is 0 Å². The van der Waals surface area contributed by atoms with Crippen molar-refractivity contribution in [3.05, 3.63) is 22.8 Å². The van der Waals surface area contributed by atoms with E-state index in [2.05, 4.69) is 0 Å². The molecule has 0 bridgehead atoms. The predicted octanol–water partition coefficient (Wildman–Crippen LogP) is 2.07. The first-order valence-electron chi connectivity index (χ1n) is 5.20. The van der Waals surface area contributed by atoms with Crippen LogP contribution in [0.15, 0.2) is 6.07 Å². The van der Waals surface area contributed by atoms with Crippen LogP contribution in [0.2, 0.25) is 0 Å². The molecule has 2 atom stereocenters. The first-order valence-corrected chi connectivity index (χ1v) is 5.20. The molecule has 1 heterocycles. The third kappa shape index (κ3) is 1.33. The van der Waals surface area contributed by atoms with E-state index in [0.29, 0.717) is 11.1 Å². The number of cyclic esters (lactones) is 1. The first-order chi connectivity index (χ1) is 7.43. The molecule has 1 aromatic carbocycles. The van der Waals surface area contributed by atoms with Gasteiger partial charge in [-0.3, -0.25) is 0 Å². The van der Waals surface area contributed by atoms with E-state index in [1.807, 2.05) is 6.92 Å². The van der Waals surface area contributed by atoms with Crippen molar-refractivity contribution in [2.24, 2.45) is 0 Å². The van der Waals surface area contributed by atoms with E-state index in [1.165, 1.54) is 6.07 Å². The predicted molar refractivity (Wildman–Crippen MR) is 57.8 cm³/mol. The number of phenols is 2. The Morgan fingerprint density at radius 1 is 1.25 bits per heavy atom.